The molecule has 1 saturated heterocycles. The fourth-order valence-electron chi connectivity index (χ4n) is 9.36. The smallest absolute Gasteiger partial charge is 0.186 e. The molecule has 1 aromatic heterocycles. The van der Waals surface area contributed by atoms with Crippen molar-refractivity contribution in [2.45, 2.75) is 51.1 Å². The molecular weight excluding hydrogens is 512 g/mol. The van der Waals surface area contributed by atoms with Crippen LogP contribution in [0.25, 0.3) is 0 Å². The zero-order valence-corrected chi connectivity index (χ0v) is 22.3. The number of thiophene rings is 1. The van der Waals surface area contributed by atoms with Crippen LogP contribution in [0.3, 0.4) is 0 Å². The number of ketones is 3. The highest BCUT2D eigenvalue weighted by molar-refractivity contribution is 7.12. The molecule has 4 fully saturated rings. The second-order valence-electron chi connectivity index (χ2n) is 12.4. The van der Waals surface area contributed by atoms with Gasteiger partial charge in [-0.05, 0) is 72.6 Å². The Morgan fingerprint density at radius 2 is 2.00 bits per heavy atom. The highest BCUT2D eigenvalue weighted by atomic mass is 32.1. The molecule has 9 atom stereocenters. The number of aliphatic hydroxyl groups is 2. The quantitative estimate of drug-likeness (QED) is 0.552. The van der Waals surface area contributed by atoms with Gasteiger partial charge in [0.1, 0.15) is 12.8 Å². The van der Waals surface area contributed by atoms with Crippen LogP contribution >= 0.6 is 11.3 Å². The largest absolute Gasteiger partial charge is 0.390 e. The Labute approximate surface area is 224 Å². The molecule has 1 aliphatic heterocycles. The molecule has 6 nitrogen and oxygen atoms in total. The van der Waals surface area contributed by atoms with Gasteiger partial charge in [-0.25, -0.2) is 8.78 Å². The molecule has 0 aromatic carbocycles. The van der Waals surface area contributed by atoms with E-state index in [1.165, 1.54) is 29.6 Å². The number of likely N-dealkylation sites (tertiary alicyclic amines) is 1. The summed E-state index contributed by atoms with van der Waals surface area (Å²) in [5.74, 6) is -2.33. The van der Waals surface area contributed by atoms with Crippen LogP contribution in [0, 0.1) is 34.0 Å². The number of Topliss-reactive ketones (excluding diaryl/α,β-unsaturated/α-hetero) is 2. The van der Waals surface area contributed by atoms with E-state index in [1.54, 1.807) is 13.0 Å². The summed E-state index contributed by atoms with van der Waals surface area (Å²) in [6.07, 6.45) is 1.04. The highest BCUT2D eigenvalue weighted by Gasteiger charge is 2.78. The van der Waals surface area contributed by atoms with Gasteiger partial charge >= 0.3 is 0 Å². The molecule has 0 bridgehead atoms. The third-order valence-electron chi connectivity index (χ3n) is 11.0. The summed E-state index contributed by atoms with van der Waals surface area (Å²) in [5, 5.41) is 23.5. The van der Waals surface area contributed by atoms with Crippen molar-refractivity contribution in [1.82, 2.24) is 4.90 Å². The summed E-state index contributed by atoms with van der Waals surface area (Å²) in [4.78, 5) is 41.1. The second kappa shape index (κ2) is 8.46. The number of carbonyl (C=O) groups is 3. The molecule has 0 radical (unpaired) electrons. The van der Waals surface area contributed by atoms with Crippen LogP contribution in [0.4, 0.5) is 8.78 Å². The first-order valence-corrected chi connectivity index (χ1v) is 14.2. The predicted molar refractivity (Wildman–Crippen MR) is 137 cm³/mol. The van der Waals surface area contributed by atoms with Crippen molar-refractivity contribution in [3.63, 3.8) is 0 Å². The molecule has 4 aliphatic carbocycles. The maximum atomic E-state index is 17.4. The van der Waals surface area contributed by atoms with E-state index in [0.29, 0.717) is 17.8 Å². The van der Waals surface area contributed by atoms with Crippen molar-refractivity contribution < 1.29 is 33.4 Å². The minimum Gasteiger partial charge on any atom is -0.390 e. The summed E-state index contributed by atoms with van der Waals surface area (Å²) < 4.78 is 33.1. The van der Waals surface area contributed by atoms with Crippen molar-refractivity contribution in [3.8, 4) is 0 Å². The predicted octanol–water partition coefficient (Wildman–Crippen LogP) is 3.34. The SMILES string of the molecule is C[C@]12C=CC(=O)C=C1[C@@H](F)C[C@H]1[C@@H]3C[C@H]4CN(CC(=O)c5cccs5)C[C@@]4(C(=O)CO)[C@@]3(C)C[C@H](O)[C@@]12F. The maximum absolute atomic E-state index is 17.4. The van der Waals surface area contributed by atoms with Crippen LogP contribution in [0.1, 0.15) is 42.8 Å². The van der Waals surface area contributed by atoms with E-state index in [9.17, 15) is 24.6 Å². The number of aliphatic hydroxyl groups excluding tert-OH is 2. The van der Waals surface area contributed by atoms with Gasteiger partial charge in [0.05, 0.1) is 22.9 Å². The van der Waals surface area contributed by atoms with E-state index >= 15 is 8.78 Å². The van der Waals surface area contributed by atoms with Crippen molar-refractivity contribution in [2.24, 2.45) is 34.0 Å². The molecule has 3 saturated carbocycles. The lowest BCUT2D eigenvalue weighted by Gasteiger charge is -2.63. The fourth-order valence-corrected chi connectivity index (χ4v) is 10.0. The molecule has 0 amide bonds. The average Bonchev–Trinajstić information content (AvgIpc) is 3.58. The topological polar surface area (TPSA) is 94.9 Å². The van der Waals surface area contributed by atoms with Crippen molar-refractivity contribution in [3.05, 3.63) is 46.2 Å². The lowest BCUT2D eigenvalue weighted by Crippen LogP contribution is -2.69. The van der Waals surface area contributed by atoms with Gasteiger partial charge in [-0.2, -0.15) is 0 Å². The third kappa shape index (κ3) is 3.10. The van der Waals surface area contributed by atoms with E-state index in [-0.39, 0.29) is 49.0 Å². The van der Waals surface area contributed by atoms with Crippen LogP contribution in [0.2, 0.25) is 0 Å². The Hall–Kier alpha value is -2.07. The Balaban J connectivity index is 1.38. The van der Waals surface area contributed by atoms with Crippen LogP contribution in [0.5, 0.6) is 0 Å². The summed E-state index contributed by atoms with van der Waals surface area (Å²) in [5.41, 5.74) is -5.59. The summed E-state index contributed by atoms with van der Waals surface area (Å²) >= 11 is 1.36. The number of hydrogen-bond acceptors (Lipinski definition) is 7. The molecule has 2 N–H and O–H groups in total. The molecule has 0 spiro atoms. The zero-order chi connectivity index (χ0) is 27.3. The van der Waals surface area contributed by atoms with E-state index < -0.39 is 58.4 Å². The number of alkyl halides is 2. The second-order valence-corrected chi connectivity index (χ2v) is 13.4. The molecule has 204 valence electrons. The van der Waals surface area contributed by atoms with Crippen molar-refractivity contribution in [2.75, 3.05) is 26.2 Å². The molecular formula is C29H33F2NO5S. The highest BCUT2D eigenvalue weighted by Crippen LogP contribution is 2.74. The minimum absolute atomic E-state index is 0.0266. The van der Waals surface area contributed by atoms with Crippen LogP contribution < -0.4 is 0 Å². The summed E-state index contributed by atoms with van der Waals surface area (Å²) in [6, 6.07) is 3.58. The van der Waals surface area contributed by atoms with Gasteiger partial charge in [-0.1, -0.05) is 19.1 Å². The third-order valence-corrected chi connectivity index (χ3v) is 11.9. The number of allylic oxidation sites excluding steroid dienone is 4. The fraction of sp³-hybridized carbons (Fsp3) is 0.621. The number of rotatable bonds is 5. The lowest BCUT2D eigenvalue weighted by atomic mass is 9.43. The Kier molecular flexibility index (Phi) is 5.83. The first kappa shape index (κ1) is 26.2. The average molecular weight is 546 g/mol. The Morgan fingerprint density at radius 3 is 2.68 bits per heavy atom. The first-order valence-electron chi connectivity index (χ1n) is 13.3. The monoisotopic (exact) mass is 545 g/mol. The summed E-state index contributed by atoms with van der Waals surface area (Å²) in [6.45, 7) is 3.57. The molecule has 6 rings (SSSR count). The van der Waals surface area contributed by atoms with E-state index in [4.69, 9.17) is 0 Å². The molecule has 9 heteroatoms. The zero-order valence-electron chi connectivity index (χ0n) is 21.5. The first-order chi connectivity index (χ1) is 17.9. The van der Waals surface area contributed by atoms with Crippen LogP contribution in [-0.4, -0.2) is 76.6 Å². The van der Waals surface area contributed by atoms with Gasteiger partial charge in [-0.15, -0.1) is 11.3 Å². The molecule has 2 heterocycles. The number of carbonyl (C=O) groups excluding carboxylic acids is 3. The molecule has 0 unspecified atom stereocenters. The Bertz CT molecular complexity index is 1260. The standard InChI is InChI=1S/C29H33F2NO5S/c1-26-6-5-17(34)9-20(26)21(30)10-19-18-8-16-12-32(13-22(35)23-4-3-7-38-23)15-28(16,25(37)14-33)27(18,2)11-24(36)29(19,26)31/h3-7,9,16,18-19,21,24,33,36H,8,10-15H2,1-2H3/t16-,18-,19-,21-,24-,26-,27-,28+,29-/m0/s1. The van der Waals surface area contributed by atoms with Crippen molar-refractivity contribution >= 4 is 28.7 Å². The molecule has 5 aliphatic rings. The lowest BCUT2D eigenvalue weighted by molar-refractivity contribution is -0.212. The summed E-state index contributed by atoms with van der Waals surface area (Å²) in [7, 11) is 0. The van der Waals surface area contributed by atoms with Crippen LogP contribution in [0.15, 0.2) is 41.3 Å². The van der Waals surface area contributed by atoms with E-state index in [1.807, 2.05) is 23.3 Å². The van der Waals surface area contributed by atoms with Crippen LogP contribution in [-0.2, 0) is 9.59 Å². The van der Waals surface area contributed by atoms with Gasteiger partial charge in [-0.3, -0.25) is 19.3 Å². The number of nitrogens with zero attached hydrogens (tertiary/aromatic N) is 1. The minimum atomic E-state index is -2.21. The number of hydrogen-bond donors (Lipinski definition) is 2. The van der Waals surface area contributed by atoms with Gasteiger partial charge in [0.2, 0.25) is 0 Å². The van der Waals surface area contributed by atoms with Crippen molar-refractivity contribution in [1.29, 1.82) is 0 Å². The van der Waals surface area contributed by atoms with Gasteiger partial charge in [0.25, 0.3) is 0 Å². The maximum Gasteiger partial charge on any atom is 0.186 e. The Morgan fingerprint density at radius 1 is 1.24 bits per heavy atom. The number of halogens is 2. The van der Waals surface area contributed by atoms with E-state index in [2.05, 4.69) is 0 Å². The molecule has 38 heavy (non-hydrogen) atoms. The van der Waals surface area contributed by atoms with Gasteiger partial charge < -0.3 is 10.2 Å². The van der Waals surface area contributed by atoms with Gasteiger partial charge in [0, 0.05) is 24.4 Å². The molecule has 1 aromatic rings. The number of fused-ring (bicyclic) bond motifs is 7. The van der Waals surface area contributed by atoms with Gasteiger partial charge in [0.15, 0.2) is 23.0 Å². The normalized spacial score (nSPS) is 45.7. The van der Waals surface area contributed by atoms with E-state index in [0.717, 1.165) is 0 Å².